The first kappa shape index (κ1) is 12.8. The van der Waals surface area contributed by atoms with Gasteiger partial charge in [-0.3, -0.25) is 9.18 Å². The molecule has 3 nitrogen and oxygen atoms in total. The van der Waals surface area contributed by atoms with E-state index in [9.17, 15) is 17.6 Å². The number of hydrogen-bond donors (Lipinski definition) is 0. The van der Waals surface area contributed by atoms with Crippen molar-refractivity contribution in [1.29, 1.82) is 0 Å². The number of rotatable bonds is 5. The summed E-state index contributed by atoms with van der Waals surface area (Å²) < 4.78 is 35.1. The van der Waals surface area contributed by atoms with Crippen LogP contribution in [0.15, 0.2) is 29.2 Å². The first-order valence-electron chi connectivity index (χ1n) is 4.87. The summed E-state index contributed by atoms with van der Waals surface area (Å²) in [5, 5.41) is 0. The van der Waals surface area contributed by atoms with Gasteiger partial charge >= 0.3 is 0 Å². The van der Waals surface area contributed by atoms with Crippen molar-refractivity contribution in [3.8, 4) is 0 Å². The molecule has 1 aromatic carbocycles. The van der Waals surface area contributed by atoms with Gasteiger partial charge in [-0.25, -0.2) is 8.42 Å². The van der Waals surface area contributed by atoms with Crippen LogP contribution in [0.2, 0.25) is 0 Å². The van der Waals surface area contributed by atoms with E-state index in [2.05, 4.69) is 0 Å². The molecule has 0 amide bonds. The van der Waals surface area contributed by atoms with Crippen molar-refractivity contribution in [2.75, 3.05) is 12.4 Å². The SMILES string of the molecule is CC(=O)c1ccc(S(=O)(=O)CCCF)cc1. The van der Waals surface area contributed by atoms with E-state index in [0.717, 1.165) is 0 Å². The van der Waals surface area contributed by atoms with Crippen molar-refractivity contribution in [1.82, 2.24) is 0 Å². The fraction of sp³-hybridized carbons (Fsp3) is 0.364. The van der Waals surface area contributed by atoms with Crippen LogP contribution in [-0.2, 0) is 9.84 Å². The Morgan fingerprint density at radius 3 is 2.25 bits per heavy atom. The van der Waals surface area contributed by atoms with E-state index in [4.69, 9.17) is 0 Å². The number of halogens is 1. The van der Waals surface area contributed by atoms with Gasteiger partial charge in [0, 0.05) is 5.56 Å². The number of carbonyl (C=O) groups is 1. The highest BCUT2D eigenvalue weighted by molar-refractivity contribution is 7.91. The maximum absolute atomic E-state index is 11.9. The second kappa shape index (κ2) is 5.21. The van der Waals surface area contributed by atoms with Crippen LogP contribution in [0.3, 0.4) is 0 Å². The van der Waals surface area contributed by atoms with Crippen molar-refractivity contribution in [3.05, 3.63) is 29.8 Å². The molecule has 1 aromatic rings. The summed E-state index contributed by atoms with van der Waals surface area (Å²) >= 11 is 0. The summed E-state index contributed by atoms with van der Waals surface area (Å²) in [4.78, 5) is 11.1. The van der Waals surface area contributed by atoms with Gasteiger partial charge in [-0.2, -0.15) is 0 Å². The number of alkyl halides is 1. The molecule has 0 aliphatic carbocycles. The lowest BCUT2D eigenvalue weighted by Crippen LogP contribution is -2.07. The summed E-state index contributed by atoms with van der Waals surface area (Å²) in [5.41, 5.74) is 0.462. The number of benzene rings is 1. The van der Waals surface area contributed by atoms with Crippen molar-refractivity contribution < 1.29 is 17.6 Å². The molecular formula is C11H13FO3S. The van der Waals surface area contributed by atoms with E-state index in [-0.39, 0.29) is 22.9 Å². The smallest absolute Gasteiger partial charge is 0.178 e. The maximum Gasteiger partial charge on any atom is 0.178 e. The second-order valence-corrected chi connectivity index (χ2v) is 5.55. The van der Waals surface area contributed by atoms with Gasteiger partial charge in [0.1, 0.15) is 0 Å². The maximum atomic E-state index is 11.9. The molecule has 0 unspecified atom stereocenters. The van der Waals surface area contributed by atoms with Crippen molar-refractivity contribution in [3.63, 3.8) is 0 Å². The molecule has 0 saturated heterocycles. The Kier molecular flexibility index (Phi) is 4.18. The fourth-order valence-corrected chi connectivity index (χ4v) is 2.54. The van der Waals surface area contributed by atoms with Gasteiger partial charge in [0.15, 0.2) is 15.6 Å². The topological polar surface area (TPSA) is 51.2 Å². The van der Waals surface area contributed by atoms with E-state index in [0.29, 0.717) is 5.56 Å². The summed E-state index contributed by atoms with van der Waals surface area (Å²) in [7, 11) is -3.42. The Morgan fingerprint density at radius 1 is 1.25 bits per heavy atom. The quantitative estimate of drug-likeness (QED) is 0.744. The molecule has 5 heteroatoms. The molecule has 0 fully saturated rings. The molecule has 0 spiro atoms. The lowest BCUT2D eigenvalue weighted by Gasteiger charge is -2.03. The number of ketones is 1. The lowest BCUT2D eigenvalue weighted by atomic mass is 10.2. The Balaban J connectivity index is 2.93. The van der Waals surface area contributed by atoms with Gasteiger partial charge in [0.05, 0.1) is 17.3 Å². The highest BCUT2D eigenvalue weighted by Gasteiger charge is 2.13. The summed E-state index contributed by atoms with van der Waals surface area (Å²) in [6.07, 6.45) is -0.00318. The number of carbonyl (C=O) groups excluding carboxylic acids is 1. The van der Waals surface area contributed by atoms with Crippen LogP contribution < -0.4 is 0 Å². The standard InChI is InChI=1S/C11H13FO3S/c1-9(13)10-3-5-11(6-4-10)16(14,15)8-2-7-12/h3-6H,2,7-8H2,1H3. The van der Waals surface area contributed by atoms with Crippen molar-refractivity contribution >= 4 is 15.6 Å². The van der Waals surface area contributed by atoms with E-state index in [1.165, 1.54) is 31.2 Å². The molecular weight excluding hydrogens is 231 g/mol. The normalized spacial score (nSPS) is 11.4. The molecule has 0 atom stereocenters. The third-order valence-corrected chi connectivity index (χ3v) is 3.98. The van der Waals surface area contributed by atoms with Gasteiger partial charge < -0.3 is 0 Å². The molecule has 0 N–H and O–H groups in total. The Bertz CT molecular complexity index is 463. The van der Waals surface area contributed by atoms with Crippen LogP contribution in [0.4, 0.5) is 4.39 Å². The molecule has 0 saturated carbocycles. The summed E-state index contributed by atoms with van der Waals surface area (Å²) in [6, 6.07) is 5.68. The fourth-order valence-electron chi connectivity index (χ4n) is 1.26. The average molecular weight is 244 g/mol. The zero-order valence-corrected chi connectivity index (χ0v) is 9.76. The van der Waals surface area contributed by atoms with Gasteiger partial charge in [-0.15, -0.1) is 0 Å². The second-order valence-electron chi connectivity index (χ2n) is 3.44. The Labute approximate surface area is 94.2 Å². The van der Waals surface area contributed by atoms with Crippen LogP contribution in [0.5, 0.6) is 0 Å². The molecule has 1 rings (SSSR count). The lowest BCUT2D eigenvalue weighted by molar-refractivity contribution is 0.101. The van der Waals surface area contributed by atoms with Gasteiger partial charge in [0.2, 0.25) is 0 Å². The van der Waals surface area contributed by atoms with Crippen LogP contribution in [-0.4, -0.2) is 26.6 Å². The number of hydrogen-bond acceptors (Lipinski definition) is 3. The predicted molar refractivity (Wildman–Crippen MR) is 59.1 cm³/mol. The minimum absolute atomic E-state index is 0.00318. The van der Waals surface area contributed by atoms with Crippen molar-refractivity contribution in [2.45, 2.75) is 18.2 Å². The van der Waals surface area contributed by atoms with Gasteiger partial charge in [0.25, 0.3) is 0 Å². The third-order valence-electron chi connectivity index (χ3n) is 2.17. The molecule has 88 valence electrons. The van der Waals surface area contributed by atoms with Crippen LogP contribution in [0.1, 0.15) is 23.7 Å². The number of Topliss-reactive ketones (excluding diaryl/α,β-unsaturated/α-hetero) is 1. The van der Waals surface area contributed by atoms with Gasteiger partial charge in [-0.1, -0.05) is 12.1 Å². The minimum Gasteiger partial charge on any atom is -0.295 e. The summed E-state index contributed by atoms with van der Waals surface area (Å²) in [6.45, 7) is 0.761. The largest absolute Gasteiger partial charge is 0.295 e. The molecule has 0 aliphatic heterocycles. The molecule has 0 aliphatic rings. The predicted octanol–water partition coefficient (Wildman–Crippen LogP) is 2.02. The average Bonchev–Trinajstić information content (AvgIpc) is 2.26. The molecule has 0 bridgehead atoms. The van der Waals surface area contributed by atoms with Crippen molar-refractivity contribution in [2.24, 2.45) is 0 Å². The molecule has 0 radical (unpaired) electrons. The third kappa shape index (κ3) is 3.13. The van der Waals surface area contributed by atoms with Crippen LogP contribution in [0, 0.1) is 0 Å². The van der Waals surface area contributed by atoms with Crippen LogP contribution >= 0.6 is 0 Å². The number of sulfone groups is 1. The Morgan fingerprint density at radius 2 is 1.81 bits per heavy atom. The van der Waals surface area contributed by atoms with Gasteiger partial charge in [-0.05, 0) is 25.5 Å². The van der Waals surface area contributed by atoms with E-state index in [1.807, 2.05) is 0 Å². The first-order valence-corrected chi connectivity index (χ1v) is 6.52. The highest BCUT2D eigenvalue weighted by Crippen LogP contribution is 2.13. The molecule has 0 heterocycles. The highest BCUT2D eigenvalue weighted by atomic mass is 32.2. The molecule has 16 heavy (non-hydrogen) atoms. The zero-order chi connectivity index (χ0) is 12.2. The Hall–Kier alpha value is -1.23. The monoisotopic (exact) mass is 244 g/mol. The van der Waals surface area contributed by atoms with Crippen LogP contribution in [0.25, 0.3) is 0 Å². The van der Waals surface area contributed by atoms with E-state index in [1.54, 1.807) is 0 Å². The summed E-state index contributed by atoms with van der Waals surface area (Å²) in [5.74, 6) is -0.323. The zero-order valence-electron chi connectivity index (χ0n) is 8.94. The van der Waals surface area contributed by atoms with E-state index < -0.39 is 16.5 Å². The molecule has 0 aromatic heterocycles. The first-order chi connectivity index (χ1) is 7.47. The van der Waals surface area contributed by atoms with E-state index >= 15 is 0 Å². The minimum atomic E-state index is -3.42.